The zero-order chi connectivity index (χ0) is 13.2. The summed E-state index contributed by atoms with van der Waals surface area (Å²) in [7, 11) is 1.72. The molecule has 1 aliphatic rings. The average molecular weight is 274 g/mol. The Bertz CT molecular complexity index is 567. The lowest BCUT2D eigenvalue weighted by Gasteiger charge is -2.40. The molecule has 0 N–H and O–H groups in total. The van der Waals surface area contributed by atoms with Crippen molar-refractivity contribution in [1.82, 2.24) is 9.88 Å². The number of hydrogen-bond donors (Lipinski definition) is 0. The summed E-state index contributed by atoms with van der Waals surface area (Å²) < 4.78 is 5.30. The third-order valence-electron chi connectivity index (χ3n) is 3.61. The van der Waals surface area contributed by atoms with Crippen LogP contribution in [-0.2, 0) is 6.54 Å². The zero-order valence-corrected chi connectivity index (χ0v) is 12.1. The van der Waals surface area contributed by atoms with Gasteiger partial charge in [-0.15, -0.1) is 11.3 Å². The highest BCUT2D eigenvalue weighted by Gasteiger charge is 2.30. The third kappa shape index (κ3) is 2.65. The van der Waals surface area contributed by atoms with Gasteiger partial charge in [0.25, 0.3) is 0 Å². The molecule has 100 valence electrons. The molecule has 2 heterocycles. The number of nitrogens with zero attached hydrogens (tertiary/aromatic N) is 2. The number of aryl methyl sites for hydroxylation is 1. The van der Waals surface area contributed by atoms with Crippen molar-refractivity contribution in [3.8, 4) is 5.75 Å². The number of ether oxygens (including phenoxy) is 1. The van der Waals surface area contributed by atoms with Crippen LogP contribution in [0.2, 0.25) is 0 Å². The predicted octanol–water partition coefficient (Wildman–Crippen LogP) is 3.41. The van der Waals surface area contributed by atoms with E-state index < -0.39 is 0 Å². The molecular weight excluding hydrogens is 256 g/mol. The van der Waals surface area contributed by atoms with Gasteiger partial charge in [0.2, 0.25) is 0 Å². The Morgan fingerprint density at radius 1 is 1.47 bits per heavy atom. The van der Waals surface area contributed by atoms with Crippen molar-refractivity contribution < 1.29 is 4.74 Å². The molecular formula is C15H18N2OS. The molecule has 0 bridgehead atoms. The minimum absolute atomic E-state index is 0.513. The number of aromatic nitrogens is 1. The Morgan fingerprint density at radius 2 is 2.37 bits per heavy atom. The fourth-order valence-electron chi connectivity index (χ4n) is 2.51. The molecule has 0 spiro atoms. The molecule has 3 nitrogen and oxygen atoms in total. The Balaban J connectivity index is 1.71. The SMILES string of the molecule is COc1cccc([C@@H]2CCN2Cc2nc(C)cs2)c1. The van der Waals surface area contributed by atoms with Gasteiger partial charge in [0.1, 0.15) is 10.8 Å². The zero-order valence-electron chi connectivity index (χ0n) is 11.3. The van der Waals surface area contributed by atoms with Crippen LogP contribution in [0.3, 0.4) is 0 Å². The molecule has 0 aliphatic carbocycles. The molecule has 1 atom stereocenters. The molecule has 1 aromatic heterocycles. The van der Waals surface area contributed by atoms with E-state index >= 15 is 0 Å². The van der Waals surface area contributed by atoms with Crippen molar-refractivity contribution >= 4 is 11.3 Å². The van der Waals surface area contributed by atoms with E-state index in [1.807, 2.05) is 6.07 Å². The maximum Gasteiger partial charge on any atom is 0.119 e. The van der Waals surface area contributed by atoms with Gasteiger partial charge in [-0.05, 0) is 31.0 Å². The maximum absolute atomic E-state index is 5.30. The number of hydrogen-bond acceptors (Lipinski definition) is 4. The summed E-state index contributed by atoms with van der Waals surface area (Å²) in [4.78, 5) is 7.03. The molecule has 19 heavy (non-hydrogen) atoms. The number of likely N-dealkylation sites (tertiary alicyclic amines) is 1. The molecule has 0 unspecified atom stereocenters. The number of methoxy groups -OCH3 is 1. The molecule has 1 aliphatic heterocycles. The first kappa shape index (κ1) is 12.6. The highest BCUT2D eigenvalue weighted by molar-refractivity contribution is 7.09. The van der Waals surface area contributed by atoms with Gasteiger partial charge < -0.3 is 4.74 Å². The Morgan fingerprint density at radius 3 is 3.00 bits per heavy atom. The monoisotopic (exact) mass is 274 g/mol. The summed E-state index contributed by atoms with van der Waals surface area (Å²) in [5, 5.41) is 3.33. The molecule has 1 saturated heterocycles. The fraction of sp³-hybridized carbons (Fsp3) is 0.400. The van der Waals surface area contributed by atoms with E-state index in [-0.39, 0.29) is 0 Å². The number of thiazole rings is 1. The molecule has 0 radical (unpaired) electrons. The van der Waals surface area contributed by atoms with Crippen LogP contribution in [-0.4, -0.2) is 23.5 Å². The first-order valence-corrected chi connectivity index (χ1v) is 7.43. The predicted molar refractivity (Wildman–Crippen MR) is 77.6 cm³/mol. The number of benzene rings is 1. The highest BCUT2D eigenvalue weighted by atomic mass is 32.1. The van der Waals surface area contributed by atoms with Crippen LogP contribution in [0, 0.1) is 6.92 Å². The topological polar surface area (TPSA) is 25.4 Å². The standard InChI is InChI=1S/C15H18N2OS/c1-11-10-19-15(16-11)9-17-7-6-14(17)12-4-3-5-13(8-12)18-2/h3-5,8,10,14H,6-7,9H2,1-2H3/t14-/m0/s1. The van der Waals surface area contributed by atoms with E-state index in [0.717, 1.165) is 24.5 Å². The summed E-state index contributed by atoms with van der Waals surface area (Å²) >= 11 is 1.75. The van der Waals surface area contributed by atoms with Crippen LogP contribution in [0.15, 0.2) is 29.6 Å². The van der Waals surface area contributed by atoms with Crippen molar-refractivity contribution in [2.45, 2.75) is 25.9 Å². The largest absolute Gasteiger partial charge is 0.497 e. The van der Waals surface area contributed by atoms with Gasteiger partial charge in [-0.3, -0.25) is 4.90 Å². The van der Waals surface area contributed by atoms with E-state index in [4.69, 9.17) is 4.74 Å². The van der Waals surface area contributed by atoms with E-state index in [0.29, 0.717) is 6.04 Å². The first-order chi connectivity index (χ1) is 9.26. The maximum atomic E-state index is 5.30. The van der Waals surface area contributed by atoms with Crippen molar-refractivity contribution in [2.24, 2.45) is 0 Å². The van der Waals surface area contributed by atoms with E-state index in [2.05, 4.69) is 40.4 Å². The van der Waals surface area contributed by atoms with Crippen LogP contribution in [0.5, 0.6) is 5.75 Å². The van der Waals surface area contributed by atoms with Crippen LogP contribution in [0.1, 0.15) is 28.7 Å². The molecule has 3 rings (SSSR count). The second-order valence-corrected chi connectivity index (χ2v) is 5.88. The molecule has 2 aromatic rings. The van der Waals surface area contributed by atoms with Crippen molar-refractivity contribution in [1.29, 1.82) is 0 Å². The molecule has 0 saturated carbocycles. The second kappa shape index (κ2) is 5.31. The smallest absolute Gasteiger partial charge is 0.119 e. The number of rotatable bonds is 4. The lowest BCUT2D eigenvalue weighted by atomic mass is 9.94. The van der Waals surface area contributed by atoms with Crippen LogP contribution in [0.4, 0.5) is 0 Å². The highest BCUT2D eigenvalue weighted by Crippen LogP contribution is 2.36. The summed E-state index contributed by atoms with van der Waals surface area (Å²) in [6, 6.07) is 8.91. The van der Waals surface area contributed by atoms with E-state index in [1.165, 1.54) is 17.0 Å². The summed E-state index contributed by atoms with van der Waals surface area (Å²) in [5.74, 6) is 0.939. The van der Waals surface area contributed by atoms with Gasteiger partial charge in [-0.25, -0.2) is 4.98 Å². The Hall–Kier alpha value is -1.39. The fourth-order valence-corrected chi connectivity index (χ4v) is 3.30. The lowest BCUT2D eigenvalue weighted by molar-refractivity contribution is 0.0816. The lowest BCUT2D eigenvalue weighted by Crippen LogP contribution is -2.40. The molecule has 0 amide bonds. The van der Waals surface area contributed by atoms with Crippen LogP contribution < -0.4 is 4.74 Å². The molecule has 1 fully saturated rings. The first-order valence-electron chi connectivity index (χ1n) is 6.55. The Labute approximate surface area is 117 Å². The van der Waals surface area contributed by atoms with Gasteiger partial charge in [0, 0.05) is 23.7 Å². The average Bonchev–Trinajstić information content (AvgIpc) is 2.81. The van der Waals surface area contributed by atoms with Crippen LogP contribution in [0.25, 0.3) is 0 Å². The normalized spacial score (nSPS) is 19.2. The summed E-state index contributed by atoms with van der Waals surface area (Å²) in [6.07, 6.45) is 1.22. The second-order valence-electron chi connectivity index (χ2n) is 4.93. The van der Waals surface area contributed by atoms with Crippen LogP contribution >= 0.6 is 11.3 Å². The van der Waals surface area contributed by atoms with E-state index in [1.54, 1.807) is 18.4 Å². The van der Waals surface area contributed by atoms with Gasteiger partial charge in [-0.1, -0.05) is 12.1 Å². The van der Waals surface area contributed by atoms with Gasteiger partial charge in [0.05, 0.1) is 13.7 Å². The molecule has 4 heteroatoms. The van der Waals surface area contributed by atoms with Gasteiger partial charge in [0.15, 0.2) is 0 Å². The van der Waals surface area contributed by atoms with Crippen molar-refractivity contribution in [3.63, 3.8) is 0 Å². The summed E-state index contributed by atoms with van der Waals surface area (Å²) in [5.41, 5.74) is 2.47. The van der Waals surface area contributed by atoms with Gasteiger partial charge in [-0.2, -0.15) is 0 Å². The van der Waals surface area contributed by atoms with Crippen molar-refractivity contribution in [2.75, 3.05) is 13.7 Å². The van der Waals surface area contributed by atoms with Gasteiger partial charge >= 0.3 is 0 Å². The molecule has 1 aromatic carbocycles. The minimum Gasteiger partial charge on any atom is -0.497 e. The summed E-state index contributed by atoms with van der Waals surface area (Å²) in [6.45, 7) is 4.16. The quantitative estimate of drug-likeness (QED) is 0.854. The Kier molecular flexibility index (Phi) is 3.53. The van der Waals surface area contributed by atoms with E-state index in [9.17, 15) is 0 Å². The van der Waals surface area contributed by atoms with Crippen molar-refractivity contribution in [3.05, 3.63) is 45.9 Å². The minimum atomic E-state index is 0.513. The third-order valence-corrected chi connectivity index (χ3v) is 4.57.